The Balaban J connectivity index is 1.59. The van der Waals surface area contributed by atoms with Crippen LogP contribution >= 0.6 is 0 Å². The van der Waals surface area contributed by atoms with E-state index in [-0.39, 0.29) is 11.3 Å². The Bertz CT molecular complexity index is 1170. The first-order valence-electron chi connectivity index (χ1n) is 10.9. The van der Waals surface area contributed by atoms with Gasteiger partial charge in [-0.1, -0.05) is 0 Å². The lowest BCUT2D eigenvalue weighted by Gasteiger charge is -2.21. The van der Waals surface area contributed by atoms with Crippen molar-refractivity contribution in [2.75, 3.05) is 37.0 Å². The number of hydrogen-bond acceptors (Lipinski definition) is 7. The van der Waals surface area contributed by atoms with Gasteiger partial charge in [0, 0.05) is 48.4 Å². The lowest BCUT2D eigenvalue weighted by molar-refractivity contribution is -0.274. The predicted molar refractivity (Wildman–Crippen MR) is 124 cm³/mol. The number of nitrogens with zero attached hydrogens (tertiary/aromatic N) is 3. The van der Waals surface area contributed by atoms with Gasteiger partial charge in [-0.25, -0.2) is 9.97 Å². The van der Waals surface area contributed by atoms with Gasteiger partial charge >= 0.3 is 6.36 Å². The SMILES string of the molecule is COc1ccc(-c2cc(C(=O)Nc3ccc(OC(F)(F)F)cc3)cnc2N2CC[C@@H](CN)C2)cn1. The van der Waals surface area contributed by atoms with Crippen LogP contribution in [0, 0.1) is 5.92 Å². The maximum absolute atomic E-state index is 12.9. The summed E-state index contributed by atoms with van der Waals surface area (Å²) in [4.78, 5) is 23.9. The monoisotopic (exact) mass is 487 g/mol. The number of amides is 1. The highest BCUT2D eigenvalue weighted by Gasteiger charge is 2.31. The van der Waals surface area contributed by atoms with Crippen molar-refractivity contribution in [1.29, 1.82) is 0 Å². The van der Waals surface area contributed by atoms with E-state index in [0.29, 0.717) is 24.0 Å². The van der Waals surface area contributed by atoms with Gasteiger partial charge in [-0.2, -0.15) is 0 Å². The summed E-state index contributed by atoms with van der Waals surface area (Å²) in [5.41, 5.74) is 7.92. The van der Waals surface area contributed by atoms with Gasteiger partial charge in [0.1, 0.15) is 11.6 Å². The molecule has 0 bridgehead atoms. The Labute approximate surface area is 199 Å². The molecule has 0 saturated carbocycles. The number of rotatable bonds is 7. The molecule has 11 heteroatoms. The number of alkyl halides is 3. The molecule has 4 rings (SSSR count). The van der Waals surface area contributed by atoms with Crippen LogP contribution in [0.25, 0.3) is 11.1 Å². The number of ether oxygens (including phenoxy) is 2. The topological polar surface area (TPSA) is 103 Å². The first-order valence-corrected chi connectivity index (χ1v) is 10.9. The number of aromatic nitrogens is 2. The zero-order chi connectivity index (χ0) is 25.0. The van der Waals surface area contributed by atoms with Crippen LogP contribution in [0.2, 0.25) is 0 Å². The van der Waals surface area contributed by atoms with Gasteiger partial charge in [0.15, 0.2) is 0 Å². The number of nitrogens with two attached hydrogens (primary N) is 1. The van der Waals surface area contributed by atoms with Crippen molar-refractivity contribution >= 4 is 17.4 Å². The van der Waals surface area contributed by atoms with E-state index in [0.717, 1.165) is 48.6 Å². The van der Waals surface area contributed by atoms with Crippen molar-refractivity contribution in [3.63, 3.8) is 0 Å². The predicted octanol–water partition coefficient (Wildman–Crippen LogP) is 4.09. The molecular formula is C24H24F3N5O3. The molecule has 184 valence electrons. The zero-order valence-corrected chi connectivity index (χ0v) is 18.9. The highest BCUT2D eigenvalue weighted by Crippen LogP contribution is 2.33. The first kappa shape index (κ1) is 24.3. The standard InChI is InChI=1S/C24H24F3N5O3/c1-34-21-7-2-16(12-29-21)20-10-17(13-30-22(20)32-9-8-15(11-28)14-32)23(33)31-18-3-5-19(6-4-18)35-24(25,26)27/h2-7,10,12-13,15H,8-9,11,14,28H2,1H3,(H,31,33)/t15-/m0/s1. The number of benzene rings is 1. The molecule has 3 N–H and O–H groups in total. The molecule has 35 heavy (non-hydrogen) atoms. The summed E-state index contributed by atoms with van der Waals surface area (Å²) in [6, 6.07) is 10.2. The van der Waals surface area contributed by atoms with Crippen molar-refractivity contribution in [2.45, 2.75) is 12.8 Å². The Morgan fingerprint density at radius 2 is 1.94 bits per heavy atom. The number of hydrogen-bond donors (Lipinski definition) is 2. The second-order valence-corrected chi connectivity index (χ2v) is 8.05. The van der Waals surface area contributed by atoms with Crippen LogP contribution in [0.15, 0.2) is 54.9 Å². The summed E-state index contributed by atoms with van der Waals surface area (Å²) in [5.74, 6) is 0.707. The highest BCUT2D eigenvalue weighted by atomic mass is 19.4. The molecule has 3 aromatic rings. The minimum Gasteiger partial charge on any atom is -0.481 e. The Hall–Kier alpha value is -3.86. The molecule has 1 aliphatic rings. The molecule has 2 aromatic heterocycles. The van der Waals surface area contributed by atoms with E-state index in [2.05, 4.69) is 24.9 Å². The first-order chi connectivity index (χ1) is 16.8. The van der Waals surface area contributed by atoms with Gasteiger partial charge in [-0.05, 0) is 55.3 Å². The van der Waals surface area contributed by atoms with E-state index >= 15 is 0 Å². The van der Waals surface area contributed by atoms with Crippen molar-refractivity contribution in [3.05, 3.63) is 60.4 Å². The quantitative estimate of drug-likeness (QED) is 0.518. The molecule has 0 radical (unpaired) electrons. The number of carbonyl (C=O) groups is 1. The van der Waals surface area contributed by atoms with Crippen LogP contribution in [-0.4, -0.2) is 49.0 Å². The average molecular weight is 487 g/mol. The summed E-state index contributed by atoms with van der Waals surface area (Å²) in [6.07, 6.45) is -0.710. The molecule has 1 aromatic carbocycles. The molecule has 0 unspecified atom stereocenters. The van der Waals surface area contributed by atoms with E-state index in [1.165, 1.54) is 25.4 Å². The summed E-state index contributed by atoms with van der Waals surface area (Å²) < 4.78 is 46.1. The van der Waals surface area contributed by atoms with E-state index < -0.39 is 12.3 Å². The van der Waals surface area contributed by atoms with Crippen LogP contribution in [0.4, 0.5) is 24.7 Å². The summed E-state index contributed by atoms with van der Waals surface area (Å²) >= 11 is 0. The lowest BCUT2D eigenvalue weighted by atomic mass is 10.1. The second kappa shape index (κ2) is 10.2. The third-order valence-corrected chi connectivity index (χ3v) is 5.65. The minimum atomic E-state index is -4.79. The van der Waals surface area contributed by atoms with E-state index in [1.54, 1.807) is 18.3 Å². The van der Waals surface area contributed by atoms with Crippen LogP contribution in [-0.2, 0) is 0 Å². The van der Waals surface area contributed by atoms with Crippen LogP contribution in [0.1, 0.15) is 16.8 Å². The molecule has 1 atom stereocenters. The Kier molecular flexibility index (Phi) is 7.06. The maximum Gasteiger partial charge on any atom is 0.573 e. The largest absolute Gasteiger partial charge is 0.573 e. The normalized spacial score (nSPS) is 15.7. The van der Waals surface area contributed by atoms with Gasteiger partial charge in [-0.15, -0.1) is 13.2 Å². The number of nitrogens with one attached hydrogen (secondary N) is 1. The van der Waals surface area contributed by atoms with Gasteiger partial charge < -0.3 is 25.4 Å². The third kappa shape index (κ3) is 5.99. The Morgan fingerprint density at radius 1 is 1.17 bits per heavy atom. The van der Waals surface area contributed by atoms with Gasteiger partial charge in [0.25, 0.3) is 5.91 Å². The van der Waals surface area contributed by atoms with Crippen molar-refractivity contribution < 1.29 is 27.4 Å². The number of anilines is 2. The summed E-state index contributed by atoms with van der Waals surface area (Å²) in [5, 5.41) is 2.67. The fourth-order valence-electron chi connectivity index (χ4n) is 3.87. The Morgan fingerprint density at radius 3 is 2.54 bits per heavy atom. The third-order valence-electron chi connectivity index (χ3n) is 5.65. The molecule has 1 fully saturated rings. The van der Waals surface area contributed by atoms with Crippen molar-refractivity contribution in [2.24, 2.45) is 11.7 Å². The van der Waals surface area contributed by atoms with Crippen molar-refractivity contribution in [1.82, 2.24) is 9.97 Å². The van der Waals surface area contributed by atoms with E-state index in [1.807, 2.05) is 6.07 Å². The van der Waals surface area contributed by atoms with Crippen LogP contribution in [0.3, 0.4) is 0 Å². The summed E-state index contributed by atoms with van der Waals surface area (Å²) in [6.45, 7) is 2.14. The fourth-order valence-corrected chi connectivity index (χ4v) is 3.87. The summed E-state index contributed by atoms with van der Waals surface area (Å²) in [7, 11) is 1.53. The van der Waals surface area contributed by atoms with Gasteiger partial charge in [0.2, 0.25) is 5.88 Å². The molecule has 1 amide bonds. The molecular weight excluding hydrogens is 463 g/mol. The number of methoxy groups -OCH3 is 1. The molecule has 0 aliphatic carbocycles. The zero-order valence-electron chi connectivity index (χ0n) is 18.9. The number of carbonyl (C=O) groups excluding carboxylic acids is 1. The smallest absolute Gasteiger partial charge is 0.481 e. The number of halogens is 3. The fraction of sp³-hybridized carbons (Fsp3) is 0.292. The van der Waals surface area contributed by atoms with Gasteiger partial charge in [0.05, 0.1) is 12.7 Å². The molecule has 8 nitrogen and oxygen atoms in total. The minimum absolute atomic E-state index is 0.282. The lowest BCUT2D eigenvalue weighted by Crippen LogP contribution is -2.24. The number of pyridine rings is 2. The molecule has 1 saturated heterocycles. The van der Waals surface area contributed by atoms with Gasteiger partial charge in [-0.3, -0.25) is 4.79 Å². The van der Waals surface area contributed by atoms with Crippen molar-refractivity contribution in [3.8, 4) is 22.8 Å². The van der Waals surface area contributed by atoms with Crippen LogP contribution < -0.4 is 25.4 Å². The average Bonchev–Trinajstić information content (AvgIpc) is 3.33. The van der Waals surface area contributed by atoms with Crippen LogP contribution in [0.5, 0.6) is 11.6 Å². The molecule has 1 aliphatic heterocycles. The maximum atomic E-state index is 12.9. The highest BCUT2D eigenvalue weighted by molar-refractivity contribution is 6.05. The molecule has 0 spiro atoms. The van der Waals surface area contributed by atoms with E-state index in [9.17, 15) is 18.0 Å². The van der Waals surface area contributed by atoms with E-state index in [4.69, 9.17) is 10.5 Å². The molecule has 3 heterocycles. The second-order valence-electron chi connectivity index (χ2n) is 8.05.